The van der Waals surface area contributed by atoms with Crippen LogP contribution in [-0.2, 0) is 11.3 Å². The normalized spacial score (nSPS) is 19.5. The average molecular weight is 576 g/mol. The molecular weight excluding hydrogens is 550 g/mol. The van der Waals surface area contributed by atoms with Crippen molar-refractivity contribution in [3.8, 4) is 11.1 Å². The van der Waals surface area contributed by atoms with E-state index in [1.54, 1.807) is 11.0 Å². The Morgan fingerprint density at radius 1 is 0.923 bits per heavy atom. The minimum atomic E-state index is -4.96. The number of carbonyl (C=O) groups is 2. The second-order valence-corrected chi connectivity index (χ2v) is 11.6. The molecule has 0 spiro atoms. The Morgan fingerprint density at radius 2 is 1.59 bits per heavy atom. The number of rotatable bonds is 6. The lowest BCUT2D eigenvalue weighted by Gasteiger charge is -2.36. The summed E-state index contributed by atoms with van der Waals surface area (Å²) in [5.74, 6) is -2.51. The molecule has 1 heterocycles. The maximum absolute atomic E-state index is 15.1. The number of hydrogen-bond acceptors (Lipinski definition) is 3. The minimum Gasteiger partial charge on any atom is -0.334 e. The molecule has 0 bridgehead atoms. The first-order valence-electron chi connectivity index (χ1n) is 12.8. The van der Waals surface area contributed by atoms with Gasteiger partial charge in [-0.25, -0.2) is 4.39 Å². The lowest BCUT2D eigenvalue weighted by molar-refractivity contribution is -0.134. The van der Waals surface area contributed by atoms with Crippen molar-refractivity contribution in [1.29, 1.82) is 0 Å². The Kier molecular flexibility index (Phi) is 8.06. The van der Waals surface area contributed by atoms with Gasteiger partial charge in [0.25, 0.3) is 5.78 Å². The smallest absolute Gasteiger partial charge is 0.334 e. The maximum Gasteiger partial charge on any atom is 0.454 e. The molecule has 2 aliphatic rings. The third kappa shape index (κ3) is 5.87. The summed E-state index contributed by atoms with van der Waals surface area (Å²) in [6.45, 7) is 0.0603. The highest BCUT2D eigenvalue weighted by atomic mass is 35.5. The summed E-state index contributed by atoms with van der Waals surface area (Å²) in [5.41, 5.74) is 1.88. The number of hydrogen-bond donors (Lipinski definition) is 0. The molecule has 1 aliphatic heterocycles. The number of halogens is 5. The fourth-order valence-corrected chi connectivity index (χ4v) is 7.11. The lowest BCUT2D eigenvalue weighted by Crippen LogP contribution is -2.45. The highest BCUT2D eigenvalue weighted by Gasteiger charge is 2.41. The van der Waals surface area contributed by atoms with Gasteiger partial charge in [0.2, 0.25) is 5.91 Å². The van der Waals surface area contributed by atoms with Crippen LogP contribution in [0.15, 0.2) is 71.6 Å². The zero-order chi connectivity index (χ0) is 27.7. The first-order chi connectivity index (χ1) is 18.6. The predicted molar refractivity (Wildman–Crippen MR) is 144 cm³/mol. The number of alkyl halides is 4. The second kappa shape index (κ2) is 11.3. The molecule has 5 rings (SSSR count). The van der Waals surface area contributed by atoms with Crippen LogP contribution in [0.2, 0.25) is 0 Å². The Morgan fingerprint density at radius 3 is 2.26 bits per heavy atom. The molecule has 3 nitrogen and oxygen atoms in total. The van der Waals surface area contributed by atoms with Crippen LogP contribution in [0, 0.1) is 5.82 Å². The molecule has 0 aromatic heterocycles. The van der Waals surface area contributed by atoms with Crippen molar-refractivity contribution < 1.29 is 27.2 Å². The maximum atomic E-state index is 15.1. The van der Waals surface area contributed by atoms with E-state index in [9.17, 15) is 22.8 Å². The molecule has 2 atom stereocenters. The van der Waals surface area contributed by atoms with Crippen LogP contribution in [0.5, 0.6) is 0 Å². The lowest BCUT2D eigenvalue weighted by atomic mass is 9.93. The fraction of sp³-hybridized carbons (Fsp3) is 0.333. The van der Waals surface area contributed by atoms with Gasteiger partial charge in [0.1, 0.15) is 11.1 Å². The SMILES string of the molecule is O=C(C1Sc2ccccc2C1Cl)N(Cc1cc(-c2ccc(C(=O)C(F)(F)F)cc2)ccc1F)C1CCCCC1. The van der Waals surface area contributed by atoms with E-state index in [2.05, 4.69) is 0 Å². The number of amides is 1. The highest BCUT2D eigenvalue weighted by Crippen LogP contribution is 2.48. The molecule has 2 unspecified atom stereocenters. The number of carbonyl (C=O) groups excluding carboxylic acids is 2. The summed E-state index contributed by atoms with van der Waals surface area (Å²) in [4.78, 5) is 28.2. The van der Waals surface area contributed by atoms with Gasteiger partial charge >= 0.3 is 6.18 Å². The highest BCUT2D eigenvalue weighted by molar-refractivity contribution is 8.01. The van der Waals surface area contributed by atoms with Crippen molar-refractivity contribution in [2.75, 3.05) is 0 Å². The largest absolute Gasteiger partial charge is 0.454 e. The van der Waals surface area contributed by atoms with Gasteiger partial charge in [-0.3, -0.25) is 9.59 Å². The van der Waals surface area contributed by atoms with E-state index in [4.69, 9.17) is 11.6 Å². The van der Waals surface area contributed by atoms with Crippen LogP contribution in [0.25, 0.3) is 11.1 Å². The van der Waals surface area contributed by atoms with Crippen molar-refractivity contribution in [3.63, 3.8) is 0 Å². The molecule has 1 fully saturated rings. The van der Waals surface area contributed by atoms with E-state index < -0.39 is 34.0 Å². The third-order valence-corrected chi connectivity index (χ3v) is 9.39. The van der Waals surface area contributed by atoms with Crippen LogP contribution < -0.4 is 0 Å². The minimum absolute atomic E-state index is 0.0323. The van der Waals surface area contributed by atoms with Crippen molar-refractivity contribution >= 4 is 35.1 Å². The van der Waals surface area contributed by atoms with E-state index in [0.29, 0.717) is 16.7 Å². The number of fused-ring (bicyclic) bond motifs is 1. The van der Waals surface area contributed by atoms with Gasteiger partial charge in [-0.2, -0.15) is 13.2 Å². The average Bonchev–Trinajstić information content (AvgIpc) is 3.28. The molecule has 1 amide bonds. The number of benzene rings is 3. The van der Waals surface area contributed by atoms with Gasteiger partial charge < -0.3 is 4.90 Å². The number of nitrogens with zero attached hydrogens (tertiary/aromatic N) is 1. The standard InChI is InChI=1S/C30H26ClF4NO2S/c31-26-23-8-4-5-9-25(23)39-27(26)29(38)36(22-6-2-1-3-7-22)17-21-16-20(14-15-24(21)32)18-10-12-19(13-11-18)28(37)30(33,34)35/h4-5,8-16,22,26-27H,1-3,6-7,17H2. The van der Waals surface area contributed by atoms with E-state index in [-0.39, 0.29) is 18.5 Å². The second-order valence-electron chi connectivity index (χ2n) is 9.95. The van der Waals surface area contributed by atoms with Gasteiger partial charge in [-0.15, -0.1) is 23.4 Å². The molecule has 204 valence electrons. The van der Waals surface area contributed by atoms with Crippen molar-refractivity contribution in [1.82, 2.24) is 4.90 Å². The molecular formula is C30H26ClF4NO2S. The third-order valence-electron chi connectivity index (χ3n) is 7.40. The predicted octanol–water partition coefficient (Wildman–Crippen LogP) is 8.35. The zero-order valence-electron chi connectivity index (χ0n) is 20.9. The molecule has 1 aliphatic carbocycles. The van der Waals surface area contributed by atoms with E-state index in [1.807, 2.05) is 24.3 Å². The fourth-order valence-electron chi connectivity index (χ4n) is 5.33. The van der Waals surface area contributed by atoms with Crippen molar-refractivity contribution in [2.45, 2.75) is 66.4 Å². The van der Waals surface area contributed by atoms with E-state index >= 15 is 4.39 Å². The molecule has 0 N–H and O–H groups in total. The van der Waals surface area contributed by atoms with Crippen LogP contribution >= 0.6 is 23.4 Å². The first-order valence-corrected chi connectivity index (χ1v) is 14.2. The molecule has 3 aromatic carbocycles. The quantitative estimate of drug-likeness (QED) is 0.168. The topological polar surface area (TPSA) is 37.4 Å². The van der Waals surface area contributed by atoms with Crippen molar-refractivity contribution in [3.05, 3.63) is 89.2 Å². The monoisotopic (exact) mass is 575 g/mol. The van der Waals surface area contributed by atoms with E-state index in [1.165, 1.54) is 36.0 Å². The number of ketones is 1. The van der Waals surface area contributed by atoms with Crippen LogP contribution in [0.4, 0.5) is 17.6 Å². The van der Waals surface area contributed by atoms with Crippen LogP contribution in [0.1, 0.15) is 59.0 Å². The molecule has 0 saturated heterocycles. The summed E-state index contributed by atoms with van der Waals surface area (Å²) < 4.78 is 53.4. The van der Waals surface area contributed by atoms with Gasteiger partial charge in [-0.05, 0) is 47.7 Å². The van der Waals surface area contributed by atoms with E-state index in [0.717, 1.165) is 54.7 Å². The molecule has 0 radical (unpaired) electrons. The number of thioether (sulfide) groups is 1. The van der Waals surface area contributed by atoms with Gasteiger partial charge in [0.05, 0.1) is 5.38 Å². The van der Waals surface area contributed by atoms with Gasteiger partial charge in [0.15, 0.2) is 0 Å². The Bertz CT molecular complexity index is 1370. The van der Waals surface area contributed by atoms with Gasteiger partial charge in [-0.1, -0.05) is 67.8 Å². The number of Topliss-reactive ketones (excluding diaryl/α,β-unsaturated/α-hetero) is 1. The molecule has 39 heavy (non-hydrogen) atoms. The molecule has 9 heteroatoms. The Hall–Kier alpha value is -2.84. The Balaban J connectivity index is 1.42. The zero-order valence-corrected chi connectivity index (χ0v) is 22.5. The summed E-state index contributed by atoms with van der Waals surface area (Å²) >= 11 is 8.19. The first kappa shape index (κ1) is 27.7. The molecule has 3 aromatic rings. The summed E-state index contributed by atoms with van der Waals surface area (Å²) in [7, 11) is 0. The van der Waals surface area contributed by atoms with Gasteiger partial charge in [0, 0.05) is 28.6 Å². The summed E-state index contributed by atoms with van der Waals surface area (Å²) in [5, 5.41) is -1.00. The molecule has 1 saturated carbocycles. The van der Waals surface area contributed by atoms with Crippen LogP contribution in [-0.4, -0.2) is 34.1 Å². The Labute approximate surface area is 233 Å². The van der Waals surface area contributed by atoms with Crippen molar-refractivity contribution in [2.24, 2.45) is 0 Å². The van der Waals surface area contributed by atoms with Crippen LogP contribution in [0.3, 0.4) is 0 Å². The summed E-state index contributed by atoms with van der Waals surface area (Å²) in [6.07, 6.45) is -0.222. The summed E-state index contributed by atoms with van der Waals surface area (Å²) in [6, 6.07) is 17.1.